The maximum Gasteiger partial charge on any atom is 0.0228 e. The summed E-state index contributed by atoms with van der Waals surface area (Å²) in [6.45, 7) is 2.21. The molecule has 0 heterocycles. The van der Waals surface area contributed by atoms with E-state index in [4.69, 9.17) is 0 Å². The van der Waals surface area contributed by atoms with Crippen LogP contribution >= 0.6 is 0 Å². The van der Waals surface area contributed by atoms with Gasteiger partial charge in [-0.05, 0) is 11.5 Å². The van der Waals surface area contributed by atoms with Gasteiger partial charge < -0.3 is 0 Å². The third-order valence-electron chi connectivity index (χ3n) is 1.67. The van der Waals surface area contributed by atoms with Crippen molar-refractivity contribution in [3.8, 4) is 0 Å². The lowest BCUT2D eigenvalue weighted by Crippen LogP contribution is -1.90. The Morgan fingerprint density at radius 2 is 1.90 bits per heavy atom. The van der Waals surface area contributed by atoms with E-state index < -0.39 is 0 Å². The highest BCUT2D eigenvalue weighted by molar-refractivity contribution is 6.09. The van der Waals surface area contributed by atoms with Gasteiger partial charge in [0.2, 0.25) is 0 Å². The lowest BCUT2D eigenvalue weighted by atomic mass is 10.0. The van der Waals surface area contributed by atoms with E-state index in [1.165, 1.54) is 5.56 Å². The van der Waals surface area contributed by atoms with Gasteiger partial charge in [0.05, 0.1) is 0 Å². The molecule has 0 bridgehead atoms. The normalized spacial score (nSPS) is 13.0. The van der Waals surface area contributed by atoms with Gasteiger partial charge in [0, 0.05) is 10.2 Å². The molecule has 1 rings (SSSR count). The predicted octanol–water partition coefficient (Wildman–Crippen LogP) is 2.38. The van der Waals surface area contributed by atoms with Gasteiger partial charge in [0.25, 0.3) is 0 Å². The SMILES string of the molecule is CC(C[Si])c1ccccc1. The van der Waals surface area contributed by atoms with Crippen LogP contribution in [0.15, 0.2) is 30.3 Å². The first-order valence-electron chi connectivity index (χ1n) is 3.54. The average Bonchev–Trinajstić information content (AvgIpc) is 2.05. The summed E-state index contributed by atoms with van der Waals surface area (Å²) in [4.78, 5) is 0. The Bertz CT molecular complexity index is 181. The first-order valence-corrected chi connectivity index (χ1v) is 4.25. The summed E-state index contributed by atoms with van der Waals surface area (Å²) in [6, 6.07) is 11.5. The summed E-state index contributed by atoms with van der Waals surface area (Å²) in [7, 11) is 3.50. The summed E-state index contributed by atoms with van der Waals surface area (Å²) in [6.07, 6.45) is 0. The number of rotatable bonds is 2. The van der Waals surface area contributed by atoms with Crippen LogP contribution in [0.25, 0.3) is 0 Å². The molecule has 0 aliphatic carbocycles. The number of hydrogen-bond acceptors (Lipinski definition) is 0. The maximum atomic E-state index is 3.50. The second-order valence-electron chi connectivity index (χ2n) is 2.52. The second-order valence-corrected chi connectivity index (χ2v) is 2.92. The first kappa shape index (κ1) is 7.54. The van der Waals surface area contributed by atoms with Crippen LogP contribution in [-0.2, 0) is 0 Å². The highest BCUT2D eigenvalue weighted by Gasteiger charge is 1.98. The Morgan fingerprint density at radius 3 is 2.40 bits per heavy atom. The summed E-state index contributed by atoms with van der Waals surface area (Å²) in [5, 5.41) is 0. The number of hydrogen-bond donors (Lipinski definition) is 0. The van der Waals surface area contributed by atoms with Crippen LogP contribution in [0, 0.1) is 0 Å². The monoisotopic (exact) mass is 147 g/mol. The quantitative estimate of drug-likeness (QED) is 0.563. The summed E-state index contributed by atoms with van der Waals surface area (Å²) in [5.41, 5.74) is 1.40. The molecule has 0 spiro atoms. The third-order valence-corrected chi connectivity index (χ3v) is 2.29. The lowest BCUT2D eigenvalue weighted by molar-refractivity contribution is 0.864. The molecular weight excluding hydrogens is 136 g/mol. The summed E-state index contributed by atoms with van der Waals surface area (Å²) >= 11 is 0. The van der Waals surface area contributed by atoms with Gasteiger partial charge in [0.1, 0.15) is 0 Å². The van der Waals surface area contributed by atoms with E-state index in [-0.39, 0.29) is 0 Å². The van der Waals surface area contributed by atoms with E-state index in [0.717, 1.165) is 6.04 Å². The van der Waals surface area contributed by atoms with E-state index in [1.54, 1.807) is 0 Å². The predicted molar refractivity (Wildman–Crippen MR) is 45.4 cm³/mol. The molecule has 0 aliphatic heterocycles. The molecule has 1 heteroatoms. The average molecular weight is 147 g/mol. The fraction of sp³-hybridized carbons (Fsp3) is 0.333. The van der Waals surface area contributed by atoms with Gasteiger partial charge in [0.15, 0.2) is 0 Å². The Hall–Kier alpha value is -0.563. The van der Waals surface area contributed by atoms with Gasteiger partial charge in [-0.3, -0.25) is 0 Å². The molecule has 0 fully saturated rings. The Labute approximate surface area is 65.7 Å². The zero-order valence-corrected chi connectivity index (χ0v) is 7.17. The minimum Gasteiger partial charge on any atom is -0.0622 e. The highest BCUT2D eigenvalue weighted by Crippen LogP contribution is 2.16. The molecule has 0 N–H and O–H groups in total. The molecule has 0 nitrogen and oxygen atoms in total. The Morgan fingerprint density at radius 1 is 1.30 bits per heavy atom. The van der Waals surface area contributed by atoms with Crippen molar-refractivity contribution in [2.24, 2.45) is 0 Å². The van der Waals surface area contributed by atoms with Crippen LogP contribution in [0.1, 0.15) is 18.4 Å². The van der Waals surface area contributed by atoms with E-state index in [1.807, 2.05) is 6.07 Å². The standard InChI is InChI=1S/C9H11Si/c1-8(7-10)9-5-3-2-4-6-9/h2-6,8H,7H2,1H3. The van der Waals surface area contributed by atoms with Gasteiger partial charge in [-0.1, -0.05) is 43.3 Å². The Kier molecular flexibility index (Phi) is 2.69. The third kappa shape index (κ3) is 1.71. The van der Waals surface area contributed by atoms with Crippen LogP contribution < -0.4 is 0 Å². The number of benzene rings is 1. The molecule has 0 saturated carbocycles. The Balaban J connectivity index is 2.75. The molecule has 1 aromatic rings. The first-order chi connectivity index (χ1) is 4.84. The van der Waals surface area contributed by atoms with Crippen molar-refractivity contribution < 1.29 is 0 Å². The molecule has 0 aromatic heterocycles. The maximum absolute atomic E-state index is 3.50. The van der Waals surface area contributed by atoms with Crippen molar-refractivity contribution in [2.75, 3.05) is 0 Å². The molecule has 10 heavy (non-hydrogen) atoms. The molecule has 0 amide bonds. The van der Waals surface area contributed by atoms with Crippen molar-refractivity contribution >= 4 is 10.2 Å². The van der Waals surface area contributed by atoms with Crippen molar-refractivity contribution in [1.29, 1.82) is 0 Å². The lowest BCUT2D eigenvalue weighted by Gasteiger charge is -2.06. The van der Waals surface area contributed by atoms with Gasteiger partial charge >= 0.3 is 0 Å². The molecule has 0 aliphatic rings. The van der Waals surface area contributed by atoms with E-state index >= 15 is 0 Å². The van der Waals surface area contributed by atoms with Gasteiger partial charge in [-0.15, -0.1) is 0 Å². The van der Waals surface area contributed by atoms with Gasteiger partial charge in [-0.25, -0.2) is 0 Å². The van der Waals surface area contributed by atoms with E-state index in [9.17, 15) is 0 Å². The molecule has 1 aromatic carbocycles. The van der Waals surface area contributed by atoms with Crippen LogP contribution in [0.5, 0.6) is 0 Å². The summed E-state index contributed by atoms with van der Waals surface area (Å²) < 4.78 is 0. The summed E-state index contributed by atoms with van der Waals surface area (Å²) in [5.74, 6) is 0.623. The van der Waals surface area contributed by atoms with Crippen molar-refractivity contribution in [2.45, 2.75) is 18.9 Å². The van der Waals surface area contributed by atoms with Crippen LogP contribution in [0.2, 0.25) is 6.04 Å². The second kappa shape index (κ2) is 3.57. The highest BCUT2D eigenvalue weighted by atomic mass is 28.1. The largest absolute Gasteiger partial charge is 0.0622 e. The smallest absolute Gasteiger partial charge is 0.0228 e. The van der Waals surface area contributed by atoms with Crippen LogP contribution in [0.4, 0.5) is 0 Å². The molecule has 3 radical (unpaired) electrons. The van der Waals surface area contributed by atoms with Gasteiger partial charge in [-0.2, -0.15) is 0 Å². The van der Waals surface area contributed by atoms with Crippen molar-refractivity contribution in [3.63, 3.8) is 0 Å². The minimum absolute atomic E-state index is 0.623. The molecular formula is C9H11Si. The minimum atomic E-state index is 0.623. The fourth-order valence-electron chi connectivity index (χ4n) is 0.899. The van der Waals surface area contributed by atoms with Crippen molar-refractivity contribution in [3.05, 3.63) is 35.9 Å². The molecule has 1 atom stereocenters. The van der Waals surface area contributed by atoms with E-state index in [2.05, 4.69) is 41.4 Å². The zero-order valence-electron chi connectivity index (χ0n) is 6.17. The zero-order chi connectivity index (χ0) is 7.40. The molecule has 1 unspecified atom stereocenters. The molecule has 0 saturated heterocycles. The fourth-order valence-corrected chi connectivity index (χ4v) is 1.14. The van der Waals surface area contributed by atoms with E-state index in [0.29, 0.717) is 5.92 Å². The molecule has 51 valence electrons. The topological polar surface area (TPSA) is 0 Å². The van der Waals surface area contributed by atoms with Crippen molar-refractivity contribution in [1.82, 2.24) is 0 Å². The van der Waals surface area contributed by atoms with Crippen LogP contribution in [-0.4, -0.2) is 10.2 Å². The van der Waals surface area contributed by atoms with Crippen LogP contribution in [0.3, 0.4) is 0 Å².